The van der Waals surface area contributed by atoms with E-state index in [-0.39, 0.29) is 23.7 Å². The summed E-state index contributed by atoms with van der Waals surface area (Å²) < 4.78 is 0. The van der Waals surface area contributed by atoms with Gasteiger partial charge in [0.15, 0.2) is 0 Å². The van der Waals surface area contributed by atoms with Gasteiger partial charge in [-0.05, 0) is 24.8 Å². The Morgan fingerprint density at radius 1 is 1.23 bits per heavy atom. The predicted octanol–water partition coefficient (Wildman–Crippen LogP) is 2.47. The average Bonchev–Trinajstić information content (AvgIpc) is 3.08. The van der Waals surface area contributed by atoms with Gasteiger partial charge in [0.2, 0.25) is 0 Å². The fraction of sp³-hybridized carbons (Fsp3) is 0.438. The Hall–Kier alpha value is -1.95. The van der Waals surface area contributed by atoms with Crippen LogP contribution < -0.4 is 5.43 Å². The molecule has 0 saturated carbocycles. The van der Waals surface area contributed by atoms with Crippen molar-refractivity contribution in [1.29, 1.82) is 0 Å². The molecule has 0 spiro atoms. The van der Waals surface area contributed by atoms with Crippen LogP contribution in [0.15, 0.2) is 23.6 Å². The molecule has 22 heavy (non-hydrogen) atoms. The Labute approximate surface area is 133 Å². The topological polar surface area (TPSA) is 66.5 Å². The van der Waals surface area contributed by atoms with Crippen molar-refractivity contribution in [3.63, 3.8) is 0 Å². The van der Waals surface area contributed by atoms with Gasteiger partial charge in [0.25, 0.3) is 17.7 Å². The summed E-state index contributed by atoms with van der Waals surface area (Å²) in [7, 11) is 0. The molecule has 1 saturated heterocycles. The number of imide groups is 1. The second-order valence-corrected chi connectivity index (χ2v) is 6.94. The third-order valence-electron chi connectivity index (χ3n) is 4.17. The van der Waals surface area contributed by atoms with Crippen molar-refractivity contribution < 1.29 is 14.4 Å². The molecule has 1 aromatic rings. The Bertz CT molecular complexity index is 636. The Morgan fingerprint density at radius 3 is 2.32 bits per heavy atom. The van der Waals surface area contributed by atoms with Crippen molar-refractivity contribution in [3.8, 4) is 0 Å². The Morgan fingerprint density at radius 2 is 1.82 bits per heavy atom. The maximum absolute atomic E-state index is 12.3. The van der Waals surface area contributed by atoms with Gasteiger partial charge in [0, 0.05) is 10.3 Å². The molecule has 1 aromatic heterocycles. The standard InChI is InChI=1S/C16H18N2O3S/c1-9(2)13-7-10(8-22-13)14(19)17-18-15(20)11-5-3-4-6-12(11)16(18)21/h3-4,7-9,11-12H,5-6H2,1-2H3,(H,17,19)/t11-,12+. The Kier molecular flexibility index (Phi) is 3.87. The number of carbonyl (C=O) groups is 3. The summed E-state index contributed by atoms with van der Waals surface area (Å²) in [5.41, 5.74) is 2.97. The van der Waals surface area contributed by atoms with Crippen LogP contribution in [0.1, 0.15) is 47.8 Å². The lowest BCUT2D eigenvalue weighted by atomic mass is 9.85. The monoisotopic (exact) mass is 318 g/mol. The first-order chi connectivity index (χ1) is 10.5. The number of carbonyl (C=O) groups excluding carboxylic acids is 3. The zero-order valence-electron chi connectivity index (χ0n) is 12.5. The molecule has 3 rings (SSSR count). The quantitative estimate of drug-likeness (QED) is 0.688. The molecule has 3 amide bonds. The average molecular weight is 318 g/mol. The van der Waals surface area contributed by atoms with E-state index in [2.05, 4.69) is 19.3 Å². The first-order valence-corrected chi connectivity index (χ1v) is 8.29. The molecule has 5 nitrogen and oxygen atoms in total. The normalized spacial score (nSPS) is 24.0. The highest BCUT2D eigenvalue weighted by Gasteiger charge is 2.48. The van der Waals surface area contributed by atoms with Gasteiger partial charge in [-0.15, -0.1) is 11.3 Å². The second kappa shape index (κ2) is 5.68. The van der Waals surface area contributed by atoms with Crippen LogP contribution in [0.3, 0.4) is 0 Å². The molecule has 2 atom stereocenters. The largest absolute Gasteiger partial charge is 0.272 e. The van der Waals surface area contributed by atoms with Crippen LogP contribution in [-0.4, -0.2) is 22.7 Å². The summed E-state index contributed by atoms with van der Waals surface area (Å²) in [4.78, 5) is 37.9. The van der Waals surface area contributed by atoms with E-state index in [4.69, 9.17) is 0 Å². The molecular weight excluding hydrogens is 300 g/mol. The summed E-state index contributed by atoms with van der Waals surface area (Å²) in [6.07, 6.45) is 4.98. The van der Waals surface area contributed by atoms with Gasteiger partial charge in [-0.2, -0.15) is 5.01 Å². The van der Waals surface area contributed by atoms with Crippen LogP contribution in [0.5, 0.6) is 0 Å². The maximum Gasteiger partial charge on any atom is 0.271 e. The van der Waals surface area contributed by atoms with Crippen LogP contribution in [0.25, 0.3) is 0 Å². The van der Waals surface area contributed by atoms with Gasteiger partial charge >= 0.3 is 0 Å². The van der Waals surface area contributed by atoms with E-state index in [9.17, 15) is 14.4 Å². The van der Waals surface area contributed by atoms with Gasteiger partial charge in [-0.3, -0.25) is 19.8 Å². The van der Waals surface area contributed by atoms with Crippen molar-refractivity contribution in [3.05, 3.63) is 34.0 Å². The first kappa shape index (κ1) is 15.0. The van der Waals surface area contributed by atoms with E-state index < -0.39 is 5.91 Å². The number of amides is 3. The van der Waals surface area contributed by atoms with Gasteiger partial charge < -0.3 is 0 Å². The third kappa shape index (κ3) is 2.47. The number of nitrogens with one attached hydrogen (secondary N) is 1. The molecule has 6 heteroatoms. The first-order valence-electron chi connectivity index (χ1n) is 7.41. The SMILES string of the molecule is CC(C)c1cc(C(=O)NN2C(=O)[C@H]3CC=CC[C@H]3C2=O)cs1. The van der Waals surface area contributed by atoms with Gasteiger partial charge in [0.05, 0.1) is 17.4 Å². The third-order valence-corrected chi connectivity index (χ3v) is 5.41. The molecule has 1 fully saturated rings. The van der Waals surface area contributed by atoms with Crippen LogP contribution in [-0.2, 0) is 9.59 Å². The highest BCUT2D eigenvalue weighted by atomic mass is 32.1. The highest BCUT2D eigenvalue weighted by molar-refractivity contribution is 7.10. The number of rotatable bonds is 3. The number of hydrogen-bond donors (Lipinski definition) is 1. The zero-order chi connectivity index (χ0) is 15.9. The number of thiophene rings is 1. The predicted molar refractivity (Wildman–Crippen MR) is 83.1 cm³/mol. The number of nitrogens with zero attached hydrogens (tertiary/aromatic N) is 1. The van der Waals surface area contributed by atoms with E-state index in [1.807, 2.05) is 18.2 Å². The molecule has 1 aliphatic carbocycles. The number of allylic oxidation sites excluding steroid dienone is 2. The van der Waals surface area contributed by atoms with Gasteiger partial charge in [0.1, 0.15) is 0 Å². The lowest BCUT2D eigenvalue weighted by Gasteiger charge is -2.15. The van der Waals surface area contributed by atoms with Crippen LogP contribution >= 0.6 is 11.3 Å². The van der Waals surface area contributed by atoms with Crippen molar-refractivity contribution in [2.75, 3.05) is 0 Å². The number of hydrogen-bond acceptors (Lipinski definition) is 4. The Balaban J connectivity index is 1.74. The number of hydrazine groups is 1. The van der Waals surface area contributed by atoms with Crippen molar-refractivity contribution >= 4 is 29.1 Å². The molecule has 0 bridgehead atoms. The minimum absolute atomic E-state index is 0.299. The smallest absolute Gasteiger partial charge is 0.271 e. The van der Waals surface area contributed by atoms with Crippen LogP contribution in [0.2, 0.25) is 0 Å². The fourth-order valence-electron chi connectivity index (χ4n) is 2.85. The minimum Gasteiger partial charge on any atom is -0.272 e. The van der Waals surface area contributed by atoms with E-state index in [0.29, 0.717) is 24.3 Å². The summed E-state index contributed by atoms with van der Waals surface area (Å²) in [5.74, 6) is -1.32. The maximum atomic E-state index is 12.3. The lowest BCUT2D eigenvalue weighted by molar-refractivity contribution is -0.142. The van der Waals surface area contributed by atoms with Gasteiger partial charge in [-0.1, -0.05) is 26.0 Å². The van der Waals surface area contributed by atoms with Crippen LogP contribution in [0, 0.1) is 11.8 Å². The summed E-state index contributed by atoms with van der Waals surface area (Å²) in [5, 5.41) is 2.67. The molecule has 0 radical (unpaired) electrons. The van der Waals surface area contributed by atoms with Crippen LogP contribution in [0.4, 0.5) is 0 Å². The molecule has 1 aliphatic heterocycles. The molecule has 2 heterocycles. The fourth-order valence-corrected chi connectivity index (χ4v) is 3.76. The molecule has 1 N–H and O–H groups in total. The number of fused-ring (bicyclic) bond motifs is 1. The molecular formula is C16H18N2O3S. The van der Waals surface area contributed by atoms with E-state index in [0.717, 1.165) is 9.89 Å². The van der Waals surface area contributed by atoms with Crippen molar-refractivity contribution in [1.82, 2.24) is 10.4 Å². The highest BCUT2D eigenvalue weighted by Crippen LogP contribution is 2.34. The molecule has 116 valence electrons. The van der Waals surface area contributed by atoms with Crippen molar-refractivity contribution in [2.24, 2.45) is 11.8 Å². The molecule has 0 aromatic carbocycles. The summed E-state index contributed by atoms with van der Waals surface area (Å²) in [6, 6.07) is 1.81. The van der Waals surface area contributed by atoms with Gasteiger partial charge in [-0.25, -0.2) is 0 Å². The summed E-state index contributed by atoms with van der Waals surface area (Å²) >= 11 is 1.51. The molecule has 0 unspecified atom stereocenters. The van der Waals surface area contributed by atoms with E-state index >= 15 is 0 Å². The van der Waals surface area contributed by atoms with E-state index in [1.54, 1.807) is 5.38 Å². The van der Waals surface area contributed by atoms with Crippen molar-refractivity contribution in [2.45, 2.75) is 32.6 Å². The molecule has 2 aliphatic rings. The second-order valence-electron chi connectivity index (χ2n) is 6.00. The zero-order valence-corrected chi connectivity index (χ0v) is 13.4. The lowest BCUT2D eigenvalue weighted by Crippen LogP contribution is -2.46. The summed E-state index contributed by atoms with van der Waals surface area (Å²) in [6.45, 7) is 4.11. The minimum atomic E-state index is -0.406. The van der Waals surface area contributed by atoms with E-state index in [1.165, 1.54) is 11.3 Å².